The maximum atomic E-state index is 13.2. The summed E-state index contributed by atoms with van der Waals surface area (Å²) in [6.45, 7) is 9.77. The van der Waals surface area contributed by atoms with Crippen LogP contribution in [0.25, 0.3) is 0 Å². The molecule has 0 saturated carbocycles. The van der Waals surface area contributed by atoms with Crippen molar-refractivity contribution < 1.29 is 22.4 Å². The topological polar surface area (TPSA) is 112 Å². The molecule has 1 amide bonds. The van der Waals surface area contributed by atoms with Crippen LogP contribution in [-0.4, -0.2) is 52.0 Å². The Bertz CT molecular complexity index is 1570. The molecule has 4 aromatic rings. The largest absolute Gasteiger partial charge is 0.418 e. The first-order valence-electron chi connectivity index (χ1n) is 13.5. The van der Waals surface area contributed by atoms with Crippen LogP contribution in [0.2, 0.25) is 0 Å². The Balaban J connectivity index is 1.26. The second kappa shape index (κ2) is 11.7. The van der Waals surface area contributed by atoms with Crippen LogP contribution in [-0.2, 0) is 12.6 Å². The predicted octanol–water partition coefficient (Wildman–Crippen LogP) is 5.69. The van der Waals surface area contributed by atoms with Crippen molar-refractivity contribution in [1.29, 1.82) is 0 Å². The summed E-state index contributed by atoms with van der Waals surface area (Å²) in [4.78, 5) is 34.4. The second-order valence-corrected chi connectivity index (χ2v) is 10.1. The van der Waals surface area contributed by atoms with Gasteiger partial charge in [-0.1, -0.05) is 30.7 Å². The van der Waals surface area contributed by atoms with Gasteiger partial charge in [-0.15, -0.1) is 0 Å². The zero-order valence-corrected chi connectivity index (χ0v) is 23.7. The lowest BCUT2D eigenvalue weighted by molar-refractivity contribution is -0.137. The van der Waals surface area contributed by atoms with Crippen LogP contribution >= 0.6 is 0 Å². The third-order valence-electron chi connectivity index (χ3n) is 6.95. The SMILES string of the molecule is CCc1nc(Nc2ncc(C(=O)Nc3c(C)cc(C)cc3C)o2)nc(N2CCN(c3cccc(C(F)(F)F)c3)CC2)n1. The van der Waals surface area contributed by atoms with Crippen molar-refractivity contribution in [3.8, 4) is 0 Å². The fourth-order valence-electron chi connectivity index (χ4n) is 4.89. The predicted molar refractivity (Wildman–Crippen MR) is 153 cm³/mol. The number of aromatic nitrogens is 4. The average molecular weight is 581 g/mol. The average Bonchev–Trinajstić information content (AvgIpc) is 3.43. The van der Waals surface area contributed by atoms with Crippen LogP contribution in [0.4, 0.5) is 42.5 Å². The number of aryl methyl sites for hydroxylation is 4. The number of anilines is 5. The molecule has 5 rings (SSSR count). The van der Waals surface area contributed by atoms with Gasteiger partial charge in [0.25, 0.3) is 5.91 Å². The fourth-order valence-corrected chi connectivity index (χ4v) is 4.89. The Labute approximate surface area is 241 Å². The monoisotopic (exact) mass is 580 g/mol. The van der Waals surface area contributed by atoms with Crippen LogP contribution in [0.3, 0.4) is 0 Å². The number of halogens is 3. The normalized spacial score (nSPS) is 13.8. The van der Waals surface area contributed by atoms with Gasteiger partial charge in [0.05, 0.1) is 11.8 Å². The lowest BCUT2D eigenvalue weighted by atomic mass is 10.1. The number of rotatable bonds is 7. The Morgan fingerprint density at radius 3 is 2.33 bits per heavy atom. The Kier molecular flexibility index (Phi) is 8.01. The van der Waals surface area contributed by atoms with E-state index in [9.17, 15) is 18.0 Å². The van der Waals surface area contributed by atoms with Crippen molar-refractivity contribution in [3.05, 3.63) is 76.4 Å². The Hall–Kier alpha value is -4.68. The van der Waals surface area contributed by atoms with Gasteiger partial charge in [-0.2, -0.15) is 28.1 Å². The Morgan fingerprint density at radius 1 is 0.976 bits per heavy atom. The van der Waals surface area contributed by atoms with Crippen molar-refractivity contribution in [1.82, 2.24) is 19.9 Å². The van der Waals surface area contributed by atoms with Gasteiger partial charge < -0.3 is 19.5 Å². The van der Waals surface area contributed by atoms with Crippen molar-refractivity contribution in [2.24, 2.45) is 0 Å². The molecule has 0 unspecified atom stereocenters. The summed E-state index contributed by atoms with van der Waals surface area (Å²) in [6.07, 6.45) is -2.52. The summed E-state index contributed by atoms with van der Waals surface area (Å²) in [5.74, 6) is 0.763. The molecule has 2 aromatic heterocycles. The fraction of sp³-hybridized carbons (Fsp3) is 0.345. The highest BCUT2D eigenvalue weighted by atomic mass is 19.4. The van der Waals surface area contributed by atoms with E-state index in [0.717, 1.165) is 28.4 Å². The van der Waals surface area contributed by atoms with Crippen LogP contribution in [0.5, 0.6) is 0 Å². The molecule has 0 radical (unpaired) electrons. The van der Waals surface area contributed by atoms with Crippen molar-refractivity contribution in [3.63, 3.8) is 0 Å². The van der Waals surface area contributed by atoms with E-state index in [1.165, 1.54) is 18.3 Å². The molecule has 1 saturated heterocycles. The van der Waals surface area contributed by atoms with E-state index >= 15 is 0 Å². The van der Waals surface area contributed by atoms with Crippen LogP contribution in [0, 0.1) is 20.8 Å². The molecule has 2 N–H and O–H groups in total. The zero-order chi connectivity index (χ0) is 30.0. The van der Waals surface area contributed by atoms with E-state index < -0.39 is 17.6 Å². The summed E-state index contributed by atoms with van der Waals surface area (Å²) in [6, 6.07) is 9.37. The quantitative estimate of drug-likeness (QED) is 0.285. The number of carbonyl (C=O) groups is 1. The summed E-state index contributed by atoms with van der Waals surface area (Å²) in [5, 5.41) is 5.81. The van der Waals surface area contributed by atoms with Gasteiger partial charge in [0.15, 0.2) is 0 Å². The minimum absolute atomic E-state index is 0.0209. The molecule has 2 aromatic carbocycles. The van der Waals surface area contributed by atoms with Gasteiger partial charge in [-0.25, -0.2) is 4.98 Å². The second-order valence-electron chi connectivity index (χ2n) is 10.1. The number of nitrogens with one attached hydrogen (secondary N) is 2. The number of amides is 1. The molecule has 13 heteroatoms. The molecule has 1 fully saturated rings. The summed E-state index contributed by atoms with van der Waals surface area (Å²) in [5.41, 5.74) is 3.57. The van der Waals surface area contributed by atoms with E-state index in [4.69, 9.17) is 4.42 Å². The van der Waals surface area contributed by atoms with Crippen molar-refractivity contribution >= 4 is 35.2 Å². The van der Waals surface area contributed by atoms with Crippen LogP contribution in [0.1, 0.15) is 45.6 Å². The number of carbonyl (C=O) groups excluding carboxylic acids is 1. The number of piperazine rings is 1. The van der Waals surface area contributed by atoms with Gasteiger partial charge in [-0.3, -0.25) is 10.1 Å². The molecule has 0 aliphatic carbocycles. The van der Waals surface area contributed by atoms with E-state index in [1.807, 2.05) is 49.6 Å². The van der Waals surface area contributed by atoms with E-state index in [-0.39, 0.29) is 17.7 Å². The molecule has 42 heavy (non-hydrogen) atoms. The van der Waals surface area contributed by atoms with Gasteiger partial charge >= 0.3 is 12.2 Å². The summed E-state index contributed by atoms with van der Waals surface area (Å²) >= 11 is 0. The number of alkyl halides is 3. The standard InChI is InChI=1S/C29H31F3N8O2/c1-5-23-34-26(38-28-33-16-22(42-28)25(41)36-24-18(3)13-17(2)14-19(24)4)37-27(35-23)40-11-9-39(10-12-40)21-8-6-7-20(15-21)29(30,31)32/h6-8,13-16H,5,9-12H2,1-4H3,(H,36,41)(H,33,34,35,37,38). The molecular formula is C29H31F3N8O2. The smallest absolute Gasteiger partial charge is 0.416 e. The molecule has 0 spiro atoms. The third kappa shape index (κ3) is 6.45. The molecule has 1 aliphatic heterocycles. The van der Waals surface area contributed by atoms with Crippen molar-refractivity contribution in [2.45, 2.75) is 40.3 Å². The van der Waals surface area contributed by atoms with Crippen LogP contribution in [0.15, 0.2) is 47.0 Å². The number of nitrogens with zero attached hydrogens (tertiary/aromatic N) is 6. The minimum atomic E-state index is -4.39. The molecule has 10 nitrogen and oxygen atoms in total. The number of oxazole rings is 1. The lowest BCUT2D eigenvalue weighted by Crippen LogP contribution is -2.47. The maximum Gasteiger partial charge on any atom is 0.416 e. The molecule has 0 atom stereocenters. The van der Waals surface area contributed by atoms with Gasteiger partial charge in [0, 0.05) is 44.0 Å². The first-order chi connectivity index (χ1) is 20.0. The molecule has 220 valence electrons. The minimum Gasteiger partial charge on any atom is -0.418 e. The van der Waals surface area contributed by atoms with E-state index in [1.54, 1.807) is 6.07 Å². The highest BCUT2D eigenvalue weighted by Gasteiger charge is 2.31. The number of hydrogen-bond acceptors (Lipinski definition) is 9. The lowest BCUT2D eigenvalue weighted by Gasteiger charge is -2.36. The van der Waals surface area contributed by atoms with Gasteiger partial charge in [0.2, 0.25) is 17.7 Å². The molecule has 0 bridgehead atoms. The molecule has 3 heterocycles. The van der Waals surface area contributed by atoms with E-state index in [2.05, 4.69) is 30.6 Å². The zero-order valence-electron chi connectivity index (χ0n) is 23.7. The third-order valence-corrected chi connectivity index (χ3v) is 6.95. The maximum absolute atomic E-state index is 13.2. The number of hydrogen-bond donors (Lipinski definition) is 2. The first kappa shape index (κ1) is 28.8. The highest BCUT2D eigenvalue weighted by molar-refractivity contribution is 6.03. The van der Waals surface area contributed by atoms with Crippen molar-refractivity contribution in [2.75, 3.05) is 46.6 Å². The molecular weight excluding hydrogens is 549 g/mol. The summed E-state index contributed by atoms with van der Waals surface area (Å²) < 4.78 is 45.2. The first-order valence-corrected chi connectivity index (χ1v) is 13.5. The number of benzene rings is 2. The Morgan fingerprint density at radius 2 is 1.67 bits per heavy atom. The molecule has 1 aliphatic rings. The highest BCUT2D eigenvalue weighted by Crippen LogP contribution is 2.32. The van der Waals surface area contributed by atoms with Crippen LogP contribution < -0.4 is 20.4 Å². The van der Waals surface area contributed by atoms with E-state index in [0.29, 0.717) is 50.1 Å². The summed E-state index contributed by atoms with van der Waals surface area (Å²) in [7, 11) is 0. The van der Waals surface area contributed by atoms with Gasteiger partial charge in [0.1, 0.15) is 5.82 Å². The van der Waals surface area contributed by atoms with Gasteiger partial charge in [-0.05, 0) is 50.1 Å².